The number of aromatic nitrogens is 2. The number of imidazole rings is 1. The van der Waals surface area contributed by atoms with E-state index in [1.165, 1.54) is 7.11 Å². The molecule has 2 aromatic rings. The molecule has 2 N–H and O–H groups in total. The summed E-state index contributed by atoms with van der Waals surface area (Å²) in [7, 11) is 1.30. The van der Waals surface area contributed by atoms with Gasteiger partial charge in [-0.15, -0.1) is 0 Å². The molecule has 7 nitrogen and oxygen atoms in total. The fourth-order valence-corrected chi connectivity index (χ4v) is 4.06. The number of amides is 2. The zero-order chi connectivity index (χ0) is 21.2. The summed E-state index contributed by atoms with van der Waals surface area (Å²) in [5, 5.41) is 2.68. The van der Waals surface area contributed by atoms with Crippen molar-refractivity contribution in [3.63, 3.8) is 0 Å². The van der Waals surface area contributed by atoms with Crippen molar-refractivity contribution in [3.05, 3.63) is 40.8 Å². The number of carbonyl (C=O) groups is 2. The molecule has 1 aliphatic rings. The monoisotopic (exact) mass is 462 g/mol. The smallest absolute Gasteiger partial charge is 0.407 e. The number of H-pyrrole nitrogens is 1. The van der Waals surface area contributed by atoms with E-state index in [1.807, 2.05) is 56.1 Å². The summed E-state index contributed by atoms with van der Waals surface area (Å²) in [5.74, 6) is 0.565. The lowest BCUT2D eigenvalue weighted by Gasteiger charge is -2.37. The van der Waals surface area contributed by atoms with Gasteiger partial charge in [-0.05, 0) is 37.8 Å². The van der Waals surface area contributed by atoms with Gasteiger partial charge in [-0.1, -0.05) is 41.9 Å². The van der Waals surface area contributed by atoms with E-state index in [-0.39, 0.29) is 11.8 Å². The first-order chi connectivity index (χ1) is 13.8. The summed E-state index contributed by atoms with van der Waals surface area (Å²) >= 11 is 3.45. The molecule has 2 amide bonds. The number of nitrogens with one attached hydrogen (secondary N) is 2. The molecule has 1 aromatic heterocycles. The molecule has 1 aliphatic heterocycles. The SMILES string of the molecule is COC(=O)N[C@H](C(=O)N1CCC[C@@]1(C)c1nc(-c2ccc(Br)cc2)c[nH]1)C(C)C. The maximum Gasteiger partial charge on any atom is 0.407 e. The van der Waals surface area contributed by atoms with Crippen molar-refractivity contribution >= 4 is 27.9 Å². The Morgan fingerprint density at radius 1 is 1.31 bits per heavy atom. The average molecular weight is 463 g/mol. The van der Waals surface area contributed by atoms with Crippen molar-refractivity contribution in [2.75, 3.05) is 13.7 Å². The normalized spacial score (nSPS) is 20.0. The fourth-order valence-electron chi connectivity index (χ4n) is 3.80. The number of hydrogen-bond donors (Lipinski definition) is 2. The number of rotatable bonds is 5. The highest BCUT2D eigenvalue weighted by molar-refractivity contribution is 9.10. The van der Waals surface area contributed by atoms with Crippen LogP contribution in [0.4, 0.5) is 4.79 Å². The molecule has 1 saturated heterocycles. The van der Waals surface area contributed by atoms with Crippen LogP contribution in [0.5, 0.6) is 0 Å². The zero-order valence-electron chi connectivity index (χ0n) is 17.2. The van der Waals surface area contributed by atoms with Crippen LogP contribution in [0.25, 0.3) is 11.3 Å². The highest BCUT2D eigenvalue weighted by Crippen LogP contribution is 2.38. The zero-order valence-corrected chi connectivity index (χ0v) is 18.7. The third-order valence-electron chi connectivity index (χ3n) is 5.53. The van der Waals surface area contributed by atoms with Gasteiger partial charge in [0.1, 0.15) is 11.9 Å². The van der Waals surface area contributed by atoms with Crippen molar-refractivity contribution in [1.29, 1.82) is 0 Å². The topological polar surface area (TPSA) is 87.3 Å². The first-order valence-corrected chi connectivity index (χ1v) is 10.5. The Morgan fingerprint density at radius 3 is 2.62 bits per heavy atom. The van der Waals surface area contributed by atoms with Gasteiger partial charge in [0.05, 0.1) is 18.3 Å². The summed E-state index contributed by atoms with van der Waals surface area (Å²) in [6.45, 7) is 6.46. The first kappa shape index (κ1) is 21.4. The fraction of sp³-hybridized carbons (Fsp3) is 0.476. The molecule has 2 heterocycles. The highest BCUT2D eigenvalue weighted by atomic mass is 79.9. The summed E-state index contributed by atoms with van der Waals surface area (Å²) < 4.78 is 5.71. The number of methoxy groups -OCH3 is 1. The van der Waals surface area contributed by atoms with Crippen LogP contribution in [-0.4, -0.2) is 46.6 Å². The van der Waals surface area contributed by atoms with Crippen molar-refractivity contribution in [3.8, 4) is 11.3 Å². The van der Waals surface area contributed by atoms with E-state index in [4.69, 9.17) is 9.72 Å². The van der Waals surface area contributed by atoms with Crippen LogP contribution >= 0.6 is 15.9 Å². The number of hydrogen-bond acceptors (Lipinski definition) is 4. The number of likely N-dealkylation sites (tertiary alicyclic amines) is 1. The summed E-state index contributed by atoms with van der Waals surface area (Å²) in [6, 6.07) is 7.30. The van der Waals surface area contributed by atoms with Gasteiger partial charge in [0.2, 0.25) is 5.91 Å². The third-order valence-corrected chi connectivity index (χ3v) is 6.06. The maximum absolute atomic E-state index is 13.4. The molecule has 0 radical (unpaired) electrons. The quantitative estimate of drug-likeness (QED) is 0.700. The van der Waals surface area contributed by atoms with Gasteiger partial charge >= 0.3 is 6.09 Å². The second-order valence-corrected chi connectivity index (χ2v) is 8.78. The minimum Gasteiger partial charge on any atom is -0.453 e. The lowest BCUT2D eigenvalue weighted by atomic mass is 9.95. The molecule has 3 rings (SSSR count). The number of alkyl carbamates (subject to hydrolysis) is 1. The van der Waals surface area contributed by atoms with Crippen LogP contribution in [0.15, 0.2) is 34.9 Å². The number of nitrogens with zero attached hydrogens (tertiary/aromatic N) is 2. The minimum atomic E-state index is -0.652. The van der Waals surface area contributed by atoms with E-state index in [0.717, 1.165) is 34.4 Å². The highest BCUT2D eigenvalue weighted by Gasteiger charge is 2.45. The Labute approximate surface area is 179 Å². The number of aromatic amines is 1. The van der Waals surface area contributed by atoms with Crippen molar-refractivity contribution in [1.82, 2.24) is 20.2 Å². The first-order valence-electron chi connectivity index (χ1n) is 9.74. The largest absolute Gasteiger partial charge is 0.453 e. The van der Waals surface area contributed by atoms with Crippen LogP contribution in [0.2, 0.25) is 0 Å². The van der Waals surface area contributed by atoms with E-state index in [0.29, 0.717) is 6.54 Å². The van der Waals surface area contributed by atoms with Crippen LogP contribution in [0.1, 0.15) is 39.4 Å². The van der Waals surface area contributed by atoms with E-state index < -0.39 is 17.7 Å². The average Bonchev–Trinajstić information content (AvgIpc) is 3.33. The van der Waals surface area contributed by atoms with Gasteiger partial charge in [0.15, 0.2) is 0 Å². The molecule has 1 fully saturated rings. The van der Waals surface area contributed by atoms with E-state index >= 15 is 0 Å². The molecular weight excluding hydrogens is 436 g/mol. The Kier molecular flexibility index (Phi) is 6.31. The van der Waals surface area contributed by atoms with Crippen molar-refractivity contribution in [2.45, 2.75) is 45.2 Å². The van der Waals surface area contributed by atoms with Gasteiger partial charge in [-0.3, -0.25) is 4.79 Å². The minimum absolute atomic E-state index is 0.0682. The molecule has 8 heteroatoms. The summed E-state index contributed by atoms with van der Waals surface area (Å²) in [5.41, 5.74) is 1.28. The number of benzene rings is 1. The van der Waals surface area contributed by atoms with E-state index in [2.05, 4.69) is 26.2 Å². The number of carbonyl (C=O) groups excluding carboxylic acids is 2. The molecule has 0 aliphatic carbocycles. The van der Waals surface area contributed by atoms with Crippen molar-refractivity contribution < 1.29 is 14.3 Å². The molecule has 1 aromatic carbocycles. The maximum atomic E-state index is 13.4. The van der Waals surface area contributed by atoms with Gasteiger partial charge in [0, 0.05) is 22.8 Å². The Morgan fingerprint density at radius 2 is 2.00 bits per heavy atom. The molecular formula is C21H27BrN4O3. The van der Waals surface area contributed by atoms with E-state index in [1.54, 1.807) is 0 Å². The predicted octanol–water partition coefficient (Wildman–Crippen LogP) is 4.06. The van der Waals surface area contributed by atoms with Gasteiger partial charge in [0.25, 0.3) is 0 Å². The second kappa shape index (κ2) is 8.57. The molecule has 0 bridgehead atoms. The number of halogens is 1. The summed E-state index contributed by atoms with van der Waals surface area (Å²) in [6.07, 6.45) is 2.94. The summed E-state index contributed by atoms with van der Waals surface area (Å²) in [4.78, 5) is 35.0. The molecule has 0 spiro atoms. The van der Waals surface area contributed by atoms with E-state index in [9.17, 15) is 9.59 Å². The van der Waals surface area contributed by atoms with Crippen LogP contribution in [0, 0.1) is 5.92 Å². The van der Waals surface area contributed by atoms with Gasteiger partial charge < -0.3 is 19.9 Å². The van der Waals surface area contributed by atoms with Crippen LogP contribution < -0.4 is 5.32 Å². The van der Waals surface area contributed by atoms with Crippen LogP contribution in [-0.2, 0) is 15.1 Å². The van der Waals surface area contributed by atoms with Crippen molar-refractivity contribution in [2.24, 2.45) is 5.92 Å². The Hall–Kier alpha value is -2.35. The molecule has 29 heavy (non-hydrogen) atoms. The Balaban J connectivity index is 1.87. The Bertz CT molecular complexity index is 880. The molecule has 0 unspecified atom stereocenters. The molecule has 0 saturated carbocycles. The molecule has 156 valence electrons. The predicted molar refractivity (Wildman–Crippen MR) is 114 cm³/mol. The third kappa shape index (κ3) is 4.32. The lowest BCUT2D eigenvalue weighted by Crippen LogP contribution is -2.55. The second-order valence-electron chi connectivity index (χ2n) is 7.87. The standard InChI is InChI=1S/C21H27BrN4O3/c1-13(2)17(25-20(28)29-4)18(27)26-11-5-10-21(26,3)19-23-12-16(24-19)14-6-8-15(22)9-7-14/h6-9,12-13,17H,5,10-11H2,1-4H3,(H,23,24)(H,25,28)/t17-,21-/m0/s1. The lowest BCUT2D eigenvalue weighted by molar-refractivity contribution is -0.138. The van der Waals surface area contributed by atoms with Gasteiger partial charge in [-0.25, -0.2) is 9.78 Å². The van der Waals surface area contributed by atoms with Gasteiger partial charge in [-0.2, -0.15) is 0 Å². The molecule has 2 atom stereocenters. The van der Waals surface area contributed by atoms with Crippen LogP contribution in [0.3, 0.4) is 0 Å². The number of ether oxygens (including phenoxy) is 1.